The van der Waals surface area contributed by atoms with Gasteiger partial charge in [-0.25, -0.2) is 0 Å². The lowest BCUT2D eigenvalue weighted by Crippen LogP contribution is -2.14. The van der Waals surface area contributed by atoms with E-state index in [2.05, 4.69) is 0 Å². The van der Waals surface area contributed by atoms with Crippen molar-refractivity contribution in [2.75, 3.05) is 0 Å². The fraction of sp³-hybridized carbons (Fsp3) is 0.417. The van der Waals surface area contributed by atoms with Crippen molar-refractivity contribution < 1.29 is 9.90 Å². The summed E-state index contributed by atoms with van der Waals surface area (Å²) in [6, 6.07) is 3.56. The first-order chi connectivity index (χ1) is 7.43. The molecular weight excluding hydrogens is 226 g/mol. The third kappa shape index (κ3) is 2.97. The van der Waals surface area contributed by atoms with Gasteiger partial charge in [0.25, 0.3) is 0 Å². The van der Waals surface area contributed by atoms with Crippen molar-refractivity contribution >= 4 is 17.6 Å². The average molecular weight is 242 g/mol. The molecule has 16 heavy (non-hydrogen) atoms. The van der Waals surface area contributed by atoms with E-state index in [1.807, 2.05) is 26.0 Å². The second-order valence-electron chi connectivity index (χ2n) is 3.95. The number of benzene rings is 1. The van der Waals surface area contributed by atoms with Crippen molar-refractivity contribution in [1.29, 1.82) is 0 Å². The Morgan fingerprint density at radius 3 is 2.69 bits per heavy atom. The Hall–Kier alpha value is -1.06. The van der Waals surface area contributed by atoms with Gasteiger partial charge in [0.15, 0.2) is 0 Å². The van der Waals surface area contributed by atoms with Crippen LogP contribution >= 0.6 is 11.6 Å². The molecule has 0 saturated heterocycles. The normalized spacial score (nSPS) is 12.5. The summed E-state index contributed by atoms with van der Waals surface area (Å²) in [5.74, 6) is -0.827. The van der Waals surface area contributed by atoms with Crippen LogP contribution in [0.15, 0.2) is 12.1 Å². The van der Waals surface area contributed by atoms with E-state index in [1.54, 1.807) is 0 Å². The van der Waals surface area contributed by atoms with Crippen LogP contribution in [0.25, 0.3) is 0 Å². The molecule has 0 aliphatic heterocycles. The molecule has 1 aromatic carbocycles. The predicted molar refractivity (Wildman–Crippen MR) is 64.7 cm³/mol. The standard InChI is InChI=1S/C12H16ClNO2/c1-7-3-4-9(8(2)12(7)13)10(14)5-6-11(15)16/h3-4,10H,5-6,14H2,1-2H3,(H,15,16). The Kier molecular flexibility index (Phi) is 4.33. The monoisotopic (exact) mass is 241 g/mol. The lowest BCUT2D eigenvalue weighted by molar-refractivity contribution is -0.137. The molecule has 3 N–H and O–H groups in total. The lowest BCUT2D eigenvalue weighted by Gasteiger charge is -2.15. The van der Waals surface area contributed by atoms with Crippen LogP contribution in [0.5, 0.6) is 0 Å². The molecule has 0 spiro atoms. The molecule has 1 rings (SSSR count). The highest BCUT2D eigenvalue weighted by Gasteiger charge is 2.13. The Bertz CT molecular complexity index is 404. The second kappa shape index (κ2) is 5.32. The molecule has 0 aliphatic rings. The van der Waals surface area contributed by atoms with Gasteiger partial charge in [-0.1, -0.05) is 23.7 Å². The maximum atomic E-state index is 10.5. The molecule has 0 bridgehead atoms. The SMILES string of the molecule is Cc1ccc(C(N)CCC(=O)O)c(C)c1Cl. The van der Waals surface area contributed by atoms with Gasteiger partial charge in [-0.05, 0) is 37.0 Å². The van der Waals surface area contributed by atoms with Gasteiger partial charge in [0.1, 0.15) is 0 Å². The molecule has 1 aromatic rings. The zero-order valence-corrected chi connectivity index (χ0v) is 10.2. The topological polar surface area (TPSA) is 63.3 Å². The van der Waals surface area contributed by atoms with E-state index >= 15 is 0 Å². The van der Waals surface area contributed by atoms with Crippen LogP contribution in [0.4, 0.5) is 0 Å². The van der Waals surface area contributed by atoms with Crippen LogP contribution in [0.3, 0.4) is 0 Å². The summed E-state index contributed by atoms with van der Waals surface area (Å²) in [6.07, 6.45) is 0.502. The minimum Gasteiger partial charge on any atom is -0.481 e. The zero-order valence-electron chi connectivity index (χ0n) is 9.46. The summed E-state index contributed by atoms with van der Waals surface area (Å²) in [6.45, 7) is 3.84. The van der Waals surface area contributed by atoms with Crippen LogP contribution in [0.1, 0.15) is 35.6 Å². The molecule has 0 fully saturated rings. The number of carboxylic acid groups (broad SMARTS) is 1. The number of aliphatic carboxylic acids is 1. The molecule has 4 heteroatoms. The van der Waals surface area contributed by atoms with E-state index < -0.39 is 5.97 Å². The number of nitrogens with two attached hydrogens (primary N) is 1. The number of aryl methyl sites for hydroxylation is 1. The minimum atomic E-state index is -0.827. The third-order valence-electron chi connectivity index (χ3n) is 2.69. The fourth-order valence-corrected chi connectivity index (χ4v) is 1.84. The molecule has 3 nitrogen and oxygen atoms in total. The summed E-state index contributed by atoms with van der Waals surface area (Å²) in [7, 11) is 0. The van der Waals surface area contributed by atoms with Gasteiger partial charge < -0.3 is 10.8 Å². The van der Waals surface area contributed by atoms with Gasteiger partial charge in [-0.3, -0.25) is 4.79 Å². The van der Waals surface area contributed by atoms with Crippen LogP contribution in [0.2, 0.25) is 5.02 Å². The van der Waals surface area contributed by atoms with Crippen LogP contribution in [-0.2, 0) is 4.79 Å². The van der Waals surface area contributed by atoms with Crippen molar-refractivity contribution in [1.82, 2.24) is 0 Å². The van der Waals surface area contributed by atoms with Crippen molar-refractivity contribution in [2.45, 2.75) is 32.7 Å². The smallest absolute Gasteiger partial charge is 0.303 e. The van der Waals surface area contributed by atoms with Crippen LogP contribution < -0.4 is 5.73 Å². The van der Waals surface area contributed by atoms with Crippen LogP contribution in [0, 0.1) is 13.8 Å². The summed E-state index contributed by atoms with van der Waals surface area (Å²) in [5, 5.41) is 9.31. The summed E-state index contributed by atoms with van der Waals surface area (Å²) in [5.41, 5.74) is 8.82. The Morgan fingerprint density at radius 1 is 1.50 bits per heavy atom. The third-order valence-corrected chi connectivity index (χ3v) is 3.27. The fourth-order valence-electron chi connectivity index (χ4n) is 1.67. The maximum Gasteiger partial charge on any atom is 0.303 e. The molecule has 0 saturated carbocycles. The first-order valence-electron chi connectivity index (χ1n) is 5.16. The predicted octanol–water partition coefficient (Wildman–Crippen LogP) is 2.82. The van der Waals surface area contributed by atoms with E-state index in [4.69, 9.17) is 22.4 Å². The Labute approximate surface area is 100 Å². The average Bonchev–Trinajstić information content (AvgIpc) is 2.23. The van der Waals surface area contributed by atoms with Gasteiger partial charge >= 0.3 is 5.97 Å². The van der Waals surface area contributed by atoms with Gasteiger partial charge in [0, 0.05) is 17.5 Å². The van der Waals surface area contributed by atoms with E-state index in [0.717, 1.165) is 16.7 Å². The van der Waals surface area contributed by atoms with E-state index in [0.29, 0.717) is 11.4 Å². The minimum absolute atomic E-state index is 0.0755. The summed E-state index contributed by atoms with van der Waals surface area (Å²) < 4.78 is 0. The number of halogens is 1. The molecule has 0 amide bonds. The lowest BCUT2D eigenvalue weighted by atomic mass is 9.96. The van der Waals surface area contributed by atoms with Crippen molar-refractivity contribution in [2.24, 2.45) is 5.73 Å². The van der Waals surface area contributed by atoms with Gasteiger partial charge in [0.2, 0.25) is 0 Å². The number of carbonyl (C=O) groups is 1. The quantitative estimate of drug-likeness (QED) is 0.852. The number of carboxylic acids is 1. The highest BCUT2D eigenvalue weighted by atomic mass is 35.5. The molecule has 0 radical (unpaired) electrons. The first kappa shape index (κ1) is 13.0. The maximum absolute atomic E-state index is 10.5. The van der Waals surface area contributed by atoms with Crippen molar-refractivity contribution in [3.05, 3.63) is 33.8 Å². The molecule has 0 aliphatic carbocycles. The zero-order chi connectivity index (χ0) is 12.3. The van der Waals surface area contributed by atoms with Gasteiger partial charge in [0.05, 0.1) is 0 Å². The summed E-state index contributed by atoms with van der Waals surface area (Å²) in [4.78, 5) is 10.5. The van der Waals surface area contributed by atoms with Gasteiger partial charge in [-0.2, -0.15) is 0 Å². The molecule has 0 aromatic heterocycles. The highest BCUT2D eigenvalue weighted by molar-refractivity contribution is 6.32. The first-order valence-corrected chi connectivity index (χ1v) is 5.54. The van der Waals surface area contributed by atoms with Crippen molar-refractivity contribution in [3.63, 3.8) is 0 Å². The molecular formula is C12H16ClNO2. The Balaban J connectivity index is 2.87. The van der Waals surface area contributed by atoms with Gasteiger partial charge in [-0.15, -0.1) is 0 Å². The van der Waals surface area contributed by atoms with Crippen molar-refractivity contribution in [3.8, 4) is 0 Å². The largest absolute Gasteiger partial charge is 0.481 e. The van der Waals surface area contributed by atoms with E-state index in [9.17, 15) is 4.79 Å². The molecule has 0 heterocycles. The number of hydrogen-bond acceptors (Lipinski definition) is 2. The van der Waals surface area contributed by atoms with E-state index in [-0.39, 0.29) is 12.5 Å². The summed E-state index contributed by atoms with van der Waals surface area (Å²) >= 11 is 6.12. The molecule has 1 atom stereocenters. The molecule has 1 unspecified atom stereocenters. The number of hydrogen-bond donors (Lipinski definition) is 2. The number of rotatable bonds is 4. The highest BCUT2D eigenvalue weighted by Crippen LogP contribution is 2.28. The second-order valence-corrected chi connectivity index (χ2v) is 4.33. The molecule has 88 valence electrons. The van der Waals surface area contributed by atoms with Crippen LogP contribution in [-0.4, -0.2) is 11.1 Å². The Morgan fingerprint density at radius 2 is 2.12 bits per heavy atom. The van der Waals surface area contributed by atoms with E-state index in [1.165, 1.54) is 0 Å².